The van der Waals surface area contributed by atoms with Crippen molar-refractivity contribution in [1.29, 1.82) is 0 Å². The van der Waals surface area contributed by atoms with E-state index >= 15 is 0 Å². The Kier molecular flexibility index (Phi) is 4.17. The molecule has 0 spiro atoms. The predicted octanol–water partition coefficient (Wildman–Crippen LogP) is 3.70. The summed E-state index contributed by atoms with van der Waals surface area (Å²) in [7, 11) is 0. The maximum atomic E-state index is 12.7. The fourth-order valence-electron chi connectivity index (χ4n) is 3.28. The largest absolute Gasteiger partial charge is 0.447 e. The molecule has 0 radical (unpaired) electrons. The first-order valence-electron chi connectivity index (χ1n) is 7.75. The minimum Gasteiger partial charge on any atom is -0.447 e. The molecule has 3 atom stereocenters. The number of oxazole rings is 1. The lowest BCUT2D eigenvalue weighted by molar-refractivity contribution is -0.137. The summed E-state index contributed by atoms with van der Waals surface area (Å²) in [4.78, 5) is 4.29. The Bertz CT molecular complexity index is 711. The summed E-state index contributed by atoms with van der Waals surface area (Å²) >= 11 is 0. The van der Waals surface area contributed by atoms with E-state index in [2.05, 4.69) is 10.3 Å². The second kappa shape index (κ2) is 5.89. The van der Waals surface area contributed by atoms with Gasteiger partial charge in [0, 0.05) is 12.5 Å². The van der Waals surface area contributed by atoms with Crippen LogP contribution in [0.1, 0.15) is 48.5 Å². The molecule has 0 bridgehead atoms. The first kappa shape index (κ1) is 17.0. The normalized spacial score (nSPS) is 28.1. The Morgan fingerprint density at radius 2 is 1.92 bits per heavy atom. The summed E-state index contributed by atoms with van der Waals surface area (Å²) in [6, 6.07) is 4.37. The first-order valence-corrected chi connectivity index (χ1v) is 7.75. The van der Waals surface area contributed by atoms with Crippen LogP contribution in [0.5, 0.6) is 0 Å². The third kappa shape index (κ3) is 3.32. The van der Waals surface area contributed by atoms with E-state index in [1.54, 1.807) is 6.92 Å². The average Bonchev–Trinajstić information content (AvgIpc) is 2.92. The van der Waals surface area contributed by atoms with Crippen molar-refractivity contribution in [3.63, 3.8) is 0 Å². The van der Waals surface area contributed by atoms with Gasteiger partial charge < -0.3 is 14.8 Å². The van der Waals surface area contributed by atoms with Crippen molar-refractivity contribution in [3.8, 4) is 0 Å². The third-order valence-electron chi connectivity index (χ3n) is 4.36. The zero-order valence-electron chi connectivity index (χ0n) is 13.4. The lowest BCUT2D eigenvalue weighted by Gasteiger charge is -2.40. The summed E-state index contributed by atoms with van der Waals surface area (Å²) < 4.78 is 43.5. The topological polar surface area (TPSA) is 58.3 Å². The molecule has 1 aromatic carbocycles. The van der Waals surface area contributed by atoms with E-state index in [0.717, 1.165) is 17.8 Å². The highest BCUT2D eigenvalue weighted by Crippen LogP contribution is 2.40. The van der Waals surface area contributed by atoms with Crippen molar-refractivity contribution >= 4 is 0 Å². The van der Waals surface area contributed by atoms with Crippen LogP contribution in [0.15, 0.2) is 34.9 Å². The Hall–Kier alpha value is -1.86. The maximum absolute atomic E-state index is 12.7. The maximum Gasteiger partial charge on any atom is 0.416 e. The summed E-state index contributed by atoms with van der Waals surface area (Å²) in [5, 5.41) is 14.4. The Labute approximate surface area is 137 Å². The van der Waals surface area contributed by atoms with Gasteiger partial charge in [0.1, 0.15) is 6.26 Å². The molecule has 2 N–H and O–H groups in total. The zero-order valence-corrected chi connectivity index (χ0v) is 13.4. The highest BCUT2D eigenvalue weighted by atomic mass is 19.4. The average molecular weight is 340 g/mol. The van der Waals surface area contributed by atoms with E-state index in [4.69, 9.17) is 4.42 Å². The second-order valence-electron chi connectivity index (χ2n) is 6.46. The molecular weight excluding hydrogens is 321 g/mol. The molecule has 0 saturated carbocycles. The van der Waals surface area contributed by atoms with Gasteiger partial charge in [0.2, 0.25) is 5.89 Å². The van der Waals surface area contributed by atoms with E-state index in [9.17, 15) is 18.3 Å². The van der Waals surface area contributed by atoms with Crippen molar-refractivity contribution < 1.29 is 22.7 Å². The fourth-order valence-corrected chi connectivity index (χ4v) is 3.28. The van der Waals surface area contributed by atoms with Gasteiger partial charge in [0.05, 0.1) is 22.9 Å². The van der Waals surface area contributed by atoms with E-state index in [0.29, 0.717) is 17.9 Å². The number of aliphatic hydroxyl groups is 1. The van der Waals surface area contributed by atoms with Crippen molar-refractivity contribution in [2.24, 2.45) is 0 Å². The van der Waals surface area contributed by atoms with Gasteiger partial charge >= 0.3 is 6.18 Å². The Morgan fingerprint density at radius 1 is 1.25 bits per heavy atom. The molecule has 2 heterocycles. The molecule has 1 aromatic heterocycles. The number of halogens is 3. The van der Waals surface area contributed by atoms with E-state index in [1.807, 2.05) is 6.92 Å². The third-order valence-corrected chi connectivity index (χ3v) is 4.36. The number of aryl methyl sites for hydroxylation is 1. The molecule has 0 amide bonds. The van der Waals surface area contributed by atoms with Crippen LogP contribution < -0.4 is 5.32 Å². The monoisotopic (exact) mass is 340 g/mol. The van der Waals surface area contributed by atoms with Crippen LogP contribution in [0.4, 0.5) is 13.2 Å². The number of piperidine rings is 1. The van der Waals surface area contributed by atoms with Crippen LogP contribution in [0.2, 0.25) is 0 Å². The molecule has 3 rings (SSSR count). The molecule has 1 aliphatic rings. The number of alkyl halides is 3. The molecule has 4 nitrogen and oxygen atoms in total. The van der Waals surface area contributed by atoms with Gasteiger partial charge in [-0.25, -0.2) is 4.98 Å². The van der Waals surface area contributed by atoms with Crippen LogP contribution in [-0.2, 0) is 11.8 Å². The van der Waals surface area contributed by atoms with Crippen LogP contribution in [0.25, 0.3) is 0 Å². The molecule has 1 aliphatic heterocycles. The van der Waals surface area contributed by atoms with Gasteiger partial charge in [0.25, 0.3) is 0 Å². The quantitative estimate of drug-likeness (QED) is 0.875. The SMILES string of the molecule is Cc1coc(C2CC(O)(c3ccc(C(F)(F)F)cc3)CC(C)N2)n1. The van der Waals surface area contributed by atoms with Gasteiger partial charge in [-0.05, 0) is 38.0 Å². The van der Waals surface area contributed by atoms with Gasteiger partial charge in [-0.15, -0.1) is 0 Å². The molecule has 24 heavy (non-hydrogen) atoms. The fraction of sp³-hybridized carbons (Fsp3) is 0.471. The van der Waals surface area contributed by atoms with Crippen LogP contribution >= 0.6 is 0 Å². The molecule has 0 aliphatic carbocycles. The molecule has 3 unspecified atom stereocenters. The number of aromatic nitrogens is 1. The number of hydrogen-bond acceptors (Lipinski definition) is 4. The highest BCUT2D eigenvalue weighted by molar-refractivity contribution is 5.30. The summed E-state index contributed by atoms with van der Waals surface area (Å²) in [6.45, 7) is 3.72. The lowest BCUT2D eigenvalue weighted by atomic mass is 9.78. The number of nitrogens with zero attached hydrogens (tertiary/aromatic N) is 1. The van der Waals surface area contributed by atoms with Crippen LogP contribution in [0, 0.1) is 6.92 Å². The minimum atomic E-state index is -4.39. The van der Waals surface area contributed by atoms with E-state index in [1.165, 1.54) is 18.4 Å². The number of benzene rings is 1. The second-order valence-corrected chi connectivity index (χ2v) is 6.46. The predicted molar refractivity (Wildman–Crippen MR) is 81.2 cm³/mol. The molecule has 7 heteroatoms. The summed E-state index contributed by atoms with van der Waals surface area (Å²) in [6.07, 6.45) is -2.18. The van der Waals surface area contributed by atoms with E-state index < -0.39 is 17.3 Å². The first-order chi connectivity index (χ1) is 11.2. The van der Waals surface area contributed by atoms with Crippen molar-refractivity contribution in [2.75, 3.05) is 0 Å². The molecule has 2 aromatic rings. The molecule has 130 valence electrons. The number of hydrogen-bond donors (Lipinski definition) is 2. The summed E-state index contributed by atoms with van der Waals surface area (Å²) in [5.41, 5.74) is -0.751. The summed E-state index contributed by atoms with van der Waals surface area (Å²) in [5.74, 6) is 0.476. The molecule has 1 fully saturated rings. The van der Waals surface area contributed by atoms with Gasteiger partial charge in [-0.3, -0.25) is 0 Å². The van der Waals surface area contributed by atoms with Gasteiger partial charge in [-0.2, -0.15) is 13.2 Å². The standard InChI is InChI=1S/C17H19F3N2O2/c1-10-7-16(23,8-14(21-10)15-22-11(2)9-24-15)12-3-5-13(6-4-12)17(18,19)20/h3-6,9-10,14,21,23H,7-8H2,1-2H3. The molecular formula is C17H19F3N2O2. The number of rotatable bonds is 2. The number of nitrogens with one attached hydrogen (secondary N) is 1. The highest BCUT2D eigenvalue weighted by Gasteiger charge is 2.41. The van der Waals surface area contributed by atoms with Crippen molar-refractivity contribution in [2.45, 2.75) is 50.6 Å². The van der Waals surface area contributed by atoms with Crippen LogP contribution in [-0.4, -0.2) is 16.1 Å². The lowest BCUT2D eigenvalue weighted by Crippen LogP contribution is -2.47. The van der Waals surface area contributed by atoms with Crippen LogP contribution in [0.3, 0.4) is 0 Å². The van der Waals surface area contributed by atoms with Crippen molar-refractivity contribution in [1.82, 2.24) is 10.3 Å². The zero-order chi connectivity index (χ0) is 17.5. The smallest absolute Gasteiger partial charge is 0.416 e. The Balaban J connectivity index is 1.87. The van der Waals surface area contributed by atoms with Crippen molar-refractivity contribution in [3.05, 3.63) is 53.2 Å². The minimum absolute atomic E-state index is 0.0387. The van der Waals surface area contributed by atoms with E-state index in [-0.39, 0.29) is 18.5 Å². The Morgan fingerprint density at radius 3 is 2.46 bits per heavy atom. The van der Waals surface area contributed by atoms with Gasteiger partial charge in [-0.1, -0.05) is 12.1 Å². The molecule has 1 saturated heterocycles. The van der Waals surface area contributed by atoms with Gasteiger partial charge in [0.15, 0.2) is 0 Å².